The fourth-order valence-electron chi connectivity index (χ4n) is 2.42. The molecule has 2 amide bonds. The van der Waals surface area contributed by atoms with Crippen LogP contribution in [-0.2, 0) is 11.3 Å². The summed E-state index contributed by atoms with van der Waals surface area (Å²) in [5.74, 6) is -0.970. The quantitative estimate of drug-likeness (QED) is 0.379. The molecule has 3 rings (SSSR count). The van der Waals surface area contributed by atoms with Crippen molar-refractivity contribution >= 4 is 46.3 Å². The number of rotatable bonds is 5. The number of carbonyl (C=O) groups is 2. The number of halogens is 2. The number of allylic oxidation sites excluding steroid dienone is 2. The van der Waals surface area contributed by atoms with Crippen LogP contribution in [0.3, 0.4) is 0 Å². The summed E-state index contributed by atoms with van der Waals surface area (Å²) < 4.78 is 13.1. The van der Waals surface area contributed by atoms with E-state index in [9.17, 15) is 24.1 Å². The Hall–Kier alpha value is -2.97. The molecular weight excluding hydrogens is 407 g/mol. The van der Waals surface area contributed by atoms with E-state index < -0.39 is 21.9 Å². The molecule has 142 valence electrons. The van der Waals surface area contributed by atoms with Crippen molar-refractivity contribution in [1.82, 2.24) is 4.90 Å². The topological polar surface area (TPSA) is 80.5 Å². The second kappa shape index (κ2) is 8.37. The van der Waals surface area contributed by atoms with Crippen LogP contribution in [0.4, 0.5) is 14.9 Å². The molecule has 1 aliphatic heterocycles. The zero-order valence-corrected chi connectivity index (χ0v) is 15.7. The van der Waals surface area contributed by atoms with Crippen LogP contribution < -0.4 is 0 Å². The van der Waals surface area contributed by atoms with Gasteiger partial charge in [0, 0.05) is 17.2 Å². The lowest BCUT2D eigenvalue weighted by Gasteiger charge is -2.13. The van der Waals surface area contributed by atoms with E-state index in [0.717, 1.165) is 22.7 Å². The van der Waals surface area contributed by atoms with E-state index in [1.807, 2.05) is 0 Å². The fourth-order valence-corrected chi connectivity index (χ4v) is 3.44. The van der Waals surface area contributed by atoms with E-state index in [2.05, 4.69) is 0 Å². The third kappa shape index (κ3) is 4.47. The first-order valence-electron chi connectivity index (χ1n) is 7.95. The number of benzene rings is 2. The highest BCUT2D eigenvalue weighted by Gasteiger charge is 2.34. The summed E-state index contributed by atoms with van der Waals surface area (Å²) in [6, 6.07) is 9.66. The summed E-state index contributed by atoms with van der Waals surface area (Å²) in [6.07, 6.45) is 4.75. The van der Waals surface area contributed by atoms with Gasteiger partial charge in [-0.15, -0.1) is 0 Å². The molecule has 0 unspecified atom stereocenters. The maximum atomic E-state index is 13.1. The van der Waals surface area contributed by atoms with Crippen molar-refractivity contribution in [3.8, 4) is 0 Å². The van der Waals surface area contributed by atoms with Crippen molar-refractivity contribution < 1.29 is 18.9 Å². The Bertz CT molecular complexity index is 1020. The smallest absolute Gasteiger partial charge is 0.268 e. The Morgan fingerprint density at radius 2 is 1.89 bits per heavy atom. The molecule has 0 bridgehead atoms. The molecule has 0 aromatic heterocycles. The number of imide groups is 1. The number of amides is 2. The molecule has 2 aromatic rings. The summed E-state index contributed by atoms with van der Waals surface area (Å²) >= 11 is 6.75. The SMILES string of the molecule is O=C1S/C(=C\C=C\c2ccc([N+](=O)[O-])cc2)C(=O)N1Cc1ccc(F)cc1Cl. The predicted octanol–water partition coefficient (Wildman–Crippen LogP) is 5.18. The molecule has 6 nitrogen and oxygen atoms in total. The average Bonchev–Trinajstić information content (AvgIpc) is 2.92. The number of non-ortho nitro benzene ring substituents is 1. The van der Waals surface area contributed by atoms with Crippen molar-refractivity contribution in [2.45, 2.75) is 6.54 Å². The highest BCUT2D eigenvalue weighted by atomic mass is 35.5. The van der Waals surface area contributed by atoms with Crippen LogP contribution in [0.25, 0.3) is 6.08 Å². The van der Waals surface area contributed by atoms with Gasteiger partial charge in [-0.2, -0.15) is 0 Å². The van der Waals surface area contributed by atoms with Gasteiger partial charge in [-0.3, -0.25) is 24.6 Å². The van der Waals surface area contributed by atoms with Gasteiger partial charge in [0.25, 0.3) is 16.8 Å². The van der Waals surface area contributed by atoms with Crippen molar-refractivity contribution in [2.24, 2.45) is 0 Å². The van der Waals surface area contributed by atoms with Gasteiger partial charge in [-0.1, -0.05) is 29.8 Å². The molecule has 0 N–H and O–H groups in total. The molecule has 0 saturated carbocycles. The molecular formula is C19H12ClFN2O4S. The molecule has 1 aliphatic rings. The molecule has 1 fully saturated rings. The van der Waals surface area contributed by atoms with Crippen LogP contribution in [0.15, 0.2) is 59.5 Å². The van der Waals surface area contributed by atoms with E-state index in [1.165, 1.54) is 30.3 Å². The van der Waals surface area contributed by atoms with Crippen molar-refractivity contribution in [3.63, 3.8) is 0 Å². The predicted molar refractivity (Wildman–Crippen MR) is 105 cm³/mol. The van der Waals surface area contributed by atoms with Gasteiger partial charge in [0.15, 0.2) is 0 Å². The average molecular weight is 419 g/mol. The largest absolute Gasteiger partial charge is 0.293 e. The summed E-state index contributed by atoms with van der Waals surface area (Å²) in [4.78, 5) is 36.0. The highest BCUT2D eigenvalue weighted by Crippen LogP contribution is 2.33. The maximum Gasteiger partial charge on any atom is 0.293 e. The minimum absolute atomic E-state index is 0.0160. The van der Waals surface area contributed by atoms with Crippen LogP contribution in [0.5, 0.6) is 0 Å². The Balaban J connectivity index is 1.70. The standard InChI is InChI=1S/C19H12ClFN2O4S/c20-16-10-14(21)7-6-13(16)11-22-18(24)17(28-19(22)25)3-1-2-12-4-8-15(9-5-12)23(26)27/h1-10H,11H2/b2-1+,17-3-. The van der Waals surface area contributed by atoms with Gasteiger partial charge < -0.3 is 0 Å². The molecule has 0 atom stereocenters. The number of hydrogen-bond acceptors (Lipinski definition) is 5. The number of carbonyl (C=O) groups excluding carboxylic acids is 2. The molecule has 0 aliphatic carbocycles. The maximum absolute atomic E-state index is 13.1. The van der Waals surface area contributed by atoms with E-state index in [0.29, 0.717) is 11.1 Å². The molecule has 0 radical (unpaired) electrons. The molecule has 0 spiro atoms. The van der Waals surface area contributed by atoms with Crippen LogP contribution in [0, 0.1) is 15.9 Å². The number of nitro benzene ring substituents is 1. The van der Waals surface area contributed by atoms with E-state index in [-0.39, 0.29) is 22.2 Å². The van der Waals surface area contributed by atoms with Crippen molar-refractivity contribution in [1.29, 1.82) is 0 Å². The zero-order chi connectivity index (χ0) is 20.3. The third-order valence-electron chi connectivity index (χ3n) is 3.86. The van der Waals surface area contributed by atoms with Gasteiger partial charge in [-0.05, 0) is 53.2 Å². The molecule has 28 heavy (non-hydrogen) atoms. The lowest BCUT2D eigenvalue weighted by molar-refractivity contribution is -0.384. The molecule has 1 saturated heterocycles. The van der Waals surface area contributed by atoms with Gasteiger partial charge in [0.05, 0.1) is 16.4 Å². The first-order valence-corrected chi connectivity index (χ1v) is 9.15. The summed E-state index contributed by atoms with van der Waals surface area (Å²) in [5, 5.41) is 10.3. The lowest BCUT2D eigenvalue weighted by atomic mass is 10.2. The van der Waals surface area contributed by atoms with Crippen molar-refractivity contribution in [2.75, 3.05) is 0 Å². The monoisotopic (exact) mass is 418 g/mol. The number of thioether (sulfide) groups is 1. The summed E-state index contributed by atoms with van der Waals surface area (Å²) in [5.41, 5.74) is 1.16. The van der Waals surface area contributed by atoms with E-state index in [1.54, 1.807) is 24.3 Å². The van der Waals surface area contributed by atoms with E-state index in [4.69, 9.17) is 11.6 Å². The van der Waals surface area contributed by atoms with Gasteiger partial charge in [0.1, 0.15) is 5.82 Å². The van der Waals surface area contributed by atoms with Crippen LogP contribution in [0.2, 0.25) is 5.02 Å². The van der Waals surface area contributed by atoms with Crippen molar-refractivity contribution in [3.05, 3.63) is 91.6 Å². The first kappa shape index (κ1) is 19.8. The minimum atomic E-state index is -0.501. The molecule has 1 heterocycles. The number of nitrogens with zero attached hydrogens (tertiary/aromatic N) is 2. The summed E-state index contributed by atoms with van der Waals surface area (Å²) in [7, 11) is 0. The number of nitro groups is 1. The zero-order valence-electron chi connectivity index (χ0n) is 14.2. The highest BCUT2D eigenvalue weighted by molar-refractivity contribution is 8.18. The second-order valence-electron chi connectivity index (χ2n) is 5.73. The van der Waals surface area contributed by atoms with Crippen LogP contribution in [0.1, 0.15) is 11.1 Å². The molecule has 2 aromatic carbocycles. The van der Waals surface area contributed by atoms with Gasteiger partial charge in [0.2, 0.25) is 0 Å². The Labute approximate surface area is 168 Å². The normalized spacial score (nSPS) is 15.8. The first-order chi connectivity index (χ1) is 13.3. The fraction of sp³-hybridized carbons (Fsp3) is 0.0526. The minimum Gasteiger partial charge on any atom is -0.268 e. The Morgan fingerprint density at radius 1 is 1.18 bits per heavy atom. The Morgan fingerprint density at radius 3 is 2.54 bits per heavy atom. The molecule has 9 heteroatoms. The second-order valence-corrected chi connectivity index (χ2v) is 7.13. The van der Waals surface area contributed by atoms with Gasteiger partial charge in [-0.25, -0.2) is 4.39 Å². The van der Waals surface area contributed by atoms with Crippen LogP contribution in [-0.4, -0.2) is 21.0 Å². The third-order valence-corrected chi connectivity index (χ3v) is 5.13. The lowest BCUT2D eigenvalue weighted by Crippen LogP contribution is -2.27. The van der Waals surface area contributed by atoms with Crippen LogP contribution >= 0.6 is 23.4 Å². The number of hydrogen-bond donors (Lipinski definition) is 0. The Kier molecular flexibility index (Phi) is 5.91. The van der Waals surface area contributed by atoms with Gasteiger partial charge >= 0.3 is 0 Å². The summed E-state index contributed by atoms with van der Waals surface area (Å²) in [6.45, 7) is -0.0484. The van der Waals surface area contributed by atoms with E-state index >= 15 is 0 Å².